The first-order chi connectivity index (χ1) is 19.4. The van der Waals surface area contributed by atoms with Gasteiger partial charge in [0.2, 0.25) is 35.9 Å². The van der Waals surface area contributed by atoms with Crippen molar-refractivity contribution in [2.45, 2.75) is 71.6 Å². The molecule has 1 aliphatic rings. The molecule has 1 heterocycles. The van der Waals surface area contributed by atoms with E-state index in [9.17, 15) is 43.8 Å². The quantitative estimate of drug-likeness (QED) is 0.0356. The molecule has 1 rings (SSSR count). The number of likely N-dealkylation sites (tertiary alicyclic amines) is 1. The maximum Gasteiger partial charge on any atom is 0.246 e. The number of carbonyl (C=O) groups excluding carboxylic acids is 7. The number of aliphatic hydroxyl groups excluding tert-OH is 2. The second kappa shape index (κ2) is 21.2. The highest BCUT2D eigenvalue weighted by atomic mass is 16.5. The van der Waals surface area contributed by atoms with Crippen LogP contribution in [0.5, 0.6) is 0 Å². The third kappa shape index (κ3) is 16.3. The van der Waals surface area contributed by atoms with Gasteiger partial charge in [0.05, 0.1) is 26.1 Å². The number of hydrogen-bond acceptors (Lipinski definition) is 10. The van der Waals surface area contributed by atoms with Gasteiger partial charge in [-0.05, 0) is 18.8 Å². The normalized spacial score (nSPS) is 16.7. The summed E-state index contributed by atoms with van der Waals surface area (Å²) in [5, 5.41) is 36.4. The van der Waals surface area contributed by atoms with E-state index in [2.05, 4.69) is 28.2 Å². The van der Waals surface area contributed by atoms with Crippen molar-refractivity contribution < 1.29 is 49.0 Å². The summed E-state index contributed by atoms with van der Waals surface area (Å²) in [6.45, 7) is 6.02. The summed E-state index contributed by atoms with van der Waals surface area (Å²) in [6, 6.07) is 0. The zero-order chi connectivity index (χ0) is 31.4. The fourth-order valence-corrected chi connectivity index (χ4v) is 3.63. The summed E-state index contributed by atoms with van der Waals surface area (Å²) < 4.78 is 0. The summed E-state index contributed by atoms with van der Waals surface area (Å²) in [5.74, 6) is -2.69. The molecule has 0 saturated carbocycles. The lowest BCUT2D eigenvalue weighted by Crippen LogP contribution is -2.43. The first kappa shape index (κ1) is 37.4. The van der Waals surface area contributed by atoms with Crippen molar-refractivity contribution in [2.75, 3.05) is 32.7 Å². The SMILES string of the molecule is CCCCN1C(=O)C(C(C)C)CC1O.O=CNCC(=O)NCC(=O)NCC(=O)NCCCC(=O)C(O)CC(=O)NO. The van der Waals surface area contributed by atoms with Gasteiger partial charge in [0, 0.05) is 31.8 Å². The van der Waals surface area contributed by atoms with Gasteiger partial charge in [-0.3, -0.25) is 38.8 Å². The van der Waals surface area contributed by atoms with E-state index >= 15 is 0 Å². The molecular weight excluding hydrogens is 544 g/mol. The van der Waals surface area contributed by atoms with Crippen molar-refractivity contribution in [3.05, 3.63) is 0 Å². The number of aliphatic hydroxyl groups is 2. The van der Waals surface area contributed by atoms with Gasteiger partial charge in [-0.25, -0.2) is 5.48 Å². The Morgan fingerprint density at radius 1 is 0.976 bits per heavy atom. The molecule has 0 aromatic carbocycles. The second-order valence-corrected chi connectivity index (χ2v) is 9.68. The van der Waals surface area contributed by atoms with E-state index in [1.54, 1.807) is 4.90 Å². The molecule has 1 aliphatic heterocycles. The molecular formula is C25H44N6O10. The smallest absolute Gasteiger partial charge is 0.246 e. The highest BCUT2D eigenvalue weighted by Gasteiger charge is 2.39. The van der Waals surface area contributed by atoms with Crippen molar-refractivity contribution in [3.8, 4) is 0 Å². The number of amides is 6. The highest BCUT2D eigenvalue weighted by Crippen LogP contribution is 2.29. The molecule has 41 heavy (non-hydrogen) atoms. The Morgan fingerprint density at radius 2 is 1.56 bits per heavy atom. The molecule has 0 radical (unpaired) electrons. The number of hydroxylamine groups is 1. The summed E-state index contributed by atoms with van der Waals surface area (Å²) in [4.78, 5) is 79.8. The molecule has 6 amide bonds. The van der Waals surface area contributed by atoms with Gasteiger partial charge in [0.15, 0.2) is 5.78 Å². The molecule has 16 heteroatoms. The van der Waals surface area contributed by atoms with E-state index in [1.165, 1.54) is 5.48 Å². The first-order valence-electron chi connectivity index (χ1n) is 13.5. The molecule has 1 saturated heterocycles. The van der Waals surface area contributed by atoms with E-state index in [0.717, 1.165) is 12.8 Å². The third-order valence-corrected chi connectivity index (χ3v) is 6.02. The minimum Gasteiger partial charge on any atom is -0.385 e. The van der Waals surface area contributed by atoms with Crippen molar-refractivity contribution in [3.63, 3.8) is 0 Å². The minimum absolute atomic E-state index is 0.0295. The van der Waals surface area contributed by atoms with Crippen LogP contribution >= 0.6 is 0 Å². The van der Waals surface area contributed by atoms with E-state index in [0.29, 0.717) is 25.3 Å². The molecule has 8 N–H and O–H groups in total. The Hall–Kier alpha value is -3.63. The van der Waals surface area contributed by atoms with E-state index in [4.69, 9.17) is 5.21 Å². The largest absolute Gasteiger partial charge is 0.385 e. The van der Waals surface area contributed by atoms with E-state index < -0.39 is 48.2 Å². The van der Waals surface area contributed by atoms with Crippen LogP contribution in [0.4, 0.5) is 0 Å². The van der Waals surface area contributed by atoms with Crippen LogP contribution in [0.3, 0.4) is 0 Å². The number of Topliss-reactive ketones (excluding diaryl/α,β-unsaturated/α-hetero) is 1. The predicted molar refractivity (Wildman–Crippen MR) is 143 cm³/mol. The van der Waals surface area contributed by atoms with E-state index in [1.807, 2.05) is 13.8 Å². The molecule has 0 spiro atoms. The molecule has 16 nitrogen and oxygen atoms in total. The Labute approximate surface area is 238 Å². The molecule has 0 aliphatic carbocycles. The lowest BCUT2D eigenvalue weighted by Gasteiger charge is -2.20. The van der Waals surface area contributed by atoms with Gasteiger partial charge >= 0.3 is 0 Å². The zero-order valence-corrected chi connectivity index (χ0v) is 23.8. The van der Waals surface area contributed by atoms with Crippen LogP contribution in [-0.4, -0.2) is 107 Å². The number of nitrogens with zero attached hydrogens (tertiary/aromatic N) is 1. The third-order valence-electron chi connectivity index (χ3n) is 6.02. The number of hydrogen-bond donors (Lipinski definition) is 8. The standard InChI is InChI=1S/C14H23N5O8.C11H21NO2/c20-8-15-5-12(24)17-7-14(26)18-6-13(25)16-3-1-2-9(21)10(22)4-11(23)19-27;1-4-5-6-12-10(13)7-9(8(2)3)11(12)14/h8,10,22,27H,1-7H2,(H,15,20)(H,16,25)(H,17,24)(H,18,26)(H,19,23);8-10,13H,4-7H2,1-3H3. The maximum absolute atomic E-state index is 11.8. The number of unbranched alkanes of at least 4 members (excludes halogenated alkanes) is 1. The average molecular weight is 589 g/mol. The molecule has 3 unspecified atom stereocenters. The lowest BCUT2D eigenvalue weighted by molar-refractivity contribution is -0.137. The average Bonchev–Trinajstić information content (AvgIpc) is 3.23. The zero-order valence-electron chi connectivity index (χ0n) is 23.8. The van der Waals surface area contributed by atoms with Crippen LogP contribution in [0, 0.1) is 11.8 Å². The van der Waals surface area contributed by atoms with Crippen LogP contribution in [0.15, 0.2) is 0 Å². The lowest BCUT2D eigenvalue weighted by atomic mass is 9.94. The van der Waals surface area contributed by atoms with Crippen molar-refractivity contribution in [1.82, 2.24) is 31.6 Å². The fourth-order valence-electron chi connectivity index (χ4n) is 3.63. The van der Waals surface area contributed by atoms with Crippen LogP contribution in [0.2, 0.25) is 0 Å². The van der Waals surface area contributed by atoms with Crippen molar-refractivity contribution in [2.24, 2.45) is 11.8 Å². The summed E-state index contributed by atoms with van der Waals surface area (Å²) in [5.41, 5.74) is 1.30. The number of carbonyl (C=O) groups is 7. The van der Waals surface area contributed by atoms with Crippen LogP contribution in [-0.2, 0) is 33.6 Å². The summed E-state index contributed by atoms with van der Waals surface area (Å²) in [6.07, 6.45) is 0.463. The van der Waals surface area contributed by atoms with Gasteiger partial charge in [-0.15, -0.1) is 0 Å². The Kier molecular flexibility index (Phi) is 19.3. The maximum atomic E-state index is 11.8. The minimum atomic E-state index is -1.54. The highest BCUT2D eigenvalue weighted by molar-refractivity contribution is 5.89. The van der Waals surface area contributed by atoms with Gasteiger partial charge in [-0.1, -0.05) is 27.2 Å². The molecule has 0 aromatic rings. The monoisotopic (exact) mass is 588 g/mol. The Morgan fingerprint density at radius 3 is 2.07 bits per heavy atom. The van der Waals surface area contributed by atoms with Crippen LogP contribution < -0.4 is 26.7 Å². The molecule has 0 bridgehead atoms. The van der Waals surface area contributed by atoms with Crippen molar-refractivity contribution >= 4 is 41.7 Å². The second-order valence-electron chi connectivity index (χ2n) is 9.68. The number of ketones is 1. The molecule has 0 aromatic heterocycles. The summed E-state index contributed by atoms with van der Waals surface area (Å²) in [7, 11) is 0. The Bertz CT molecular complexity index is 885. The van der Waals surface area contributed by atoms with Gasteiger partial charge in [-0.2, -0.15) is 0 Å². The predicted octanol–water partition coefficient (Wildman–Crippen LogP) is -2.70. The fraction of sp³-hybridized carbons (Fsp3) is 0.720. The number of nitrogens with one attached hydrogen (secondary N) is 5. The Balaban J connectivity index is 0.000000950. The topological polar surface area (TPSA) is 244 Å². The van der Waals surface area contributed by atoms with E-state index in [-0.39, 0.29) is 50.8 Å². The first-order valence-corrected chi connectivity index (χ1v) is 13.5. The van der Waals surface area contributed by atoms with Gasteiger partial charge in [0.25, 0.3) is 0 Å². The number of rotatable bonds is 18. The molecule has 1 fully saturated rings. The molecule has 234 valence electrons. The van der Waals surface area contributed by atoms with Gasteiger partial charge < -0.3 is 36.4 Å². The van der Waals surface area contributed by atoms with Crippen molar-refractivity contribution in [1.29, 1.82) is 0 Å². The molecule has 3 atom stereocenters. The van der Waals surface area contributed by atoms with Crippen LogP contribution in [0.25, 0.3) is 0 Å². The van der Waals surface area contributed by atoms with Crippen LogP contribution in [0.1, 0.15) is 59.3 Å². The van der Waals surface area contributed by atoms with Gasteiger partial charge in [0.1, 0.15) is 12.3 Å². The summed E-state index contributed by atoms with van der Waals surface area (Å²) >= 11 is 0.